The van der Waals surface area contributed by atoms with Gasteiger partial charge >= 0.3 is 0 Å². The Morgan fingerprint density at radius 3 is 2.33 bits per heavy atom. The molecule has 0 aliphatic carbocycles. The van der Waals surface area contributed by atoms with E-state index in [4.69, 9.17) is 0 Å². The van der Waals surface area contributed by atoms with Crippen LogP contribution in [-0.4, -0.2) is 4.98 Å². The maximum Gasteiger partial charge on any atom is 0.0312 e. The Labute approximate surface area is 109 Å². The molecule has 0 spiro atoms. The maximum absolute atomic E-state index is 4.10. The van der Waals surface area contributed by atoms with E-state index in [9.17, 15) is 0 Å². The van der Waals surface area contributed by atoms with Gasteiger partial charge in [0.05, 0.1) is 0 Å². The zero-order valence-electron chi connectivity index (χ0n) is 11.1. The Morgan fingerprint density at radius 1 is 1.00 bits per heavy atom. The average Bonchev–Trinajstić information content (AvgIpc) is 2.40. The van der Waals surface area contributed by atoms with Gasteiger partial charge in [0.25, 0.3) is 0 Å². The molecule has 18 heavy (non-hydrogen) atoms. The van der Waals surface area contributed by atoms with Gasteiger partial charge in [0, 0.05) is 25.5 Å². The second-order valence-corrected chi connectivity index (χ2v) is 4.86. The van der Waals surface area contributed by atoms with Crippen LogP contribution in [0.3, 0.4) is 0 Å². The quantitative estimate of drug-likeness (QED) is 0.865. The maximum atomic E-state index is 4.10. The van der Waals surface area contributed by atoms with Crippen molar-refractivity contribution in [2.45, 2.75) is 32.9 Å². The Bertz CT molecular complexity index is 460. The van der Waals surface area contributed by atoms with Gasteiger partial charge in [-0.25, -0.2) is 0 Å². The van der Waals surface area contributed by atoms with E-state index in [0.717, 1.165) is 13.1 Å². The monoisotopic (exact) mass is 240 g/mol. The van der Waals surface area contributed by atoms with E-state index in [1.54, 1.807) is 6.20 Å². The van der Waals surface area contributed by atoms with Crippen molar-refractivity contribution < 1.29 is 0 Å². The lowest BCUT2D eigenvalue weighted by atomic mass is 10.0. The molecule has 2 heteroatoms. The Kier molecular flexibility index (Phi) is 4.48. The van der Waals surface area contributed by atoms with Crippen molar-refractivity contribution in [2.24, 2.45) is 0 Å². The molecule has 0 amide bonds. The number of hydrogen-bond donors (Lipinski definition) is 1. The summed E-state index contributed by atoms with van der Waals surface area (Å²) in [6.45, 7) is 6.19. The molecule has 0 bridgehead atoms. The molecule has 1 heterocycles. The number of hydrogen-bond acceptors (Lipinski definition) is 2. The van der Waals surface area contributed by atoms with E-state index >= 15 is 0 Å². The number of nitrogens with zero attached hydrogens (tertiary/aromatic N) is 1. The second kappa shape index (κ2) is 6.31. The fraction of sp³-hybridized carbons (Fsp3) is 0.312. The third-order valence-corrected chi connectivity index (χ3v) is 3.03. The number of benzene rings is 1. The Morgan fingerprint density at radius 2 is 1.72 bits per heavy atom. The molecule has 1 N–H and O–H groups in total. The molecule has 1 aromatic heterocycles. The number of rotatable bonds is 5. The predicted molar refractivity (Wildman–Crippen MR) is 75.3 cm³/mol. The lowest BCUT2D eigenvalue weighted by Crippen LogP contribution is -2.12. The summed E-state index contributed by atoms with van der Waals surface area (Å²) >= 11 is 0. The molecule has 0 aliphatic heterocycles. The first-order valence-electron chi connectivity index (χ1n) is 6.44. The van der Waals surface area contributed by atoms with Gasteiger partial charge in [-0.15, -0.1) is 0 Å². The van der Waals surface area contributed by atoms with E-state index in [-0.39, 0.29) is 0 Å². The van der Waals surface area contributed by atoms with Gasteiger partial charge in [-0.05, 0) is 28.7 Å². The van der Waals surface area contributed by atoms with Gasteiger partial charge in [-0.2, -0.15) is 0 Å². The smallest absolute Gasteiger partial charge is 0.0312 e. The fourth-order valence-electron chi connectivity index (χ4n) is 1.87. The minimum atomic E-state index is 0.599. The topological polar surface area (TPSA) is 24.9 Å². The van der Waals surface area contributed by atoms with Crippen LogP contribution < -0.4 is 5.32 Å². The summed E-state index contributed by atoms with van der Waals surface area (Å²) in [7, 11) is 0. The van der Waals surface area contributed by atoms with Crippen LogP contribution in [0, 0.1) is 0 Å². The van der Waals surface area contributed by atoms with Crippen molar-refractivity contribution in [1.82, 2.24) is 10.3 Å². The minimum Gasteiger partial charge on any atom is -0.309 e. The zero-order chi connectivity index (χ0) is 12.8. The predicted octanol–water partition coefficient (Wildman–Crippen LogP) is 3.49. The Hall–Kier alpha value is -1.67. The molecule has 94 valence electrons. The molecule has 1 aromatic carbocycles. The zero-order valence-corrected chi connectivity index (χ0v) is 11.1. The van der Waals surface area contributed by atoms with Crippen LogP contribution in [0.1, 0.15) is 36.5 Å². The van der Waals surface area contributed by atoms with Crippen LogP contribution in [0.2, 0.25) is 0 Å². The number of pyridine rings is 1. The number of aromatic nitrogens is 1. The molecular formula is C16H20N2. The molecule has 2 rings (SSSR count). The van der Waals surface area contributed by atoms with Crippen molar-refractivity contribution in [2.75, 3.05) is 0 Å². The van der Waals surface area contributed by atoms with Crippen LogP contribution in [0.4, 0.5) is 0 Å². The first-order valence-corrected chi connectivity index (χ1v) is 6.44. The molecule has 2 nitrogen and oxygen atoms in total. The van der Waals surface area contributed by atoms with E-state index in [2.05, 4.69) is 54.5 Å². The normalized spacial score (nSPS) is 10.8. The summed E-state index contributed by atoms with van der Waals surface area (Å²) in [6.07, 6.45) is 3.70. The highest BCUT2D eigenvalue weighted by molar-refractivity contribution is 5.24. The molecular weight excluding hydrogens is 220 g/mol. The summed E-state index contributed by atoms with van der Waals surface area (Å²) in [5.41, 5.74) is 3.94. The van der Waals surface area contributed by atoms with Crippen molar-refractivity contribution in [3.8, 4) is 0 Å². The van der Waals surface area contributed by atoms with Gasteiger partial charge < -0.3 is 5.32 Å². The van der Waals surface area contributed by atoms with Gasteiger partial charge in [0.15, 0.2) is 0 Å². The SMILES string of the molecule is CC(C)c1ccc(CNCc2cccnc2)cc1. The van der Waals surface area contributed by atoms with E-state index < -0.39 is 0 Å². The molecule has 0 aliphatic rings. The second-order valence-electron chi connectivity index (χ2n) is 4.86. The van der Waals surface area contributed by atoms with Gasteiger partial charge in [0.1, 0.15) is 0 Å². The van der Waals surface area contributed by atoms with E-state index in [1.165, 1.54) is 16.7 Å². The molecule has 0 fully saturated rings. The Balaban J connectivity index is 1.83. The minimum absolute atomic E-state index is 0.599. The van der Waals surface area contributed by atoms with Gasteiger partial charge in [-0.1, -0.05) is 44.2 Å². The summed E-state index contributed by atoms with van der Waals surface area (Å²) in [6, 6.07) is 12.9. The number of nitrogens with one attached hydrogen (secondary N) is 1. The van der Waals surface area contributed by atoms with Gasteiger partial charge in [0.2, 0.25) is 0 Å². The van der Waals surface area contributed by atoms with Crippen LogP contribution in [0.15, 0.2) is 48.8 Å². The molecule has 0 atom stereocenters. The van der Waals surface area contributed by atoms with Crippen LogP contribution in [-0.2, 0) is 13.1 Å². The lowest BCUT2D eigenvalue weighted by molar-refractivity contribution is 0.691. The molecule has 0 saturated heterocycles. The highest BCUT2D eigenvalue weighted by Crippen LogP contribution is 2.14. The third kappa shape index (κ3) is 3.67. The van der Waals surface area contributed by atoms with Crippen molar-refractivity contribution in [3.63, 3.8) is 0 Å². The van der Waals surface area contributed by atoms with E-state index in [1.807, 2.05) is 12.3 Å². The van der Waals surface area contributed by atoms with Gasteiger partial charge in [-0.3, -0.25) is 4.98 Å². The largest absolute Gasteiger partial charge is 0.309 e. The summed E-state index contributed by atoms with van der Waals surface area (Å²) in [5, 5.41) is 3.43. The summed E-state index contributed by atoms with van der Waals surface area (Å²) in [4.78, 5) is 4.10. The average molecular weight is 240 g/mol. The van der Waals surface area contributed by atoms with Crippen molar-refractivity contribution >= 4 is 0 Å². The molecule has 0 unspecified atom stereocenters. The lowest BCUT2D eigenvalue weighted by Gasteiger charge is -2.08. The summed E-state index contributed by atoms with van der Waals surface area (Å²) in [5.74, 6) is 0.599. The highest BCUT2D eigenvalue weighted by atomic mass is 14.8. The first kappa shape index (κ1) is 12.8. The molecule has 2 aromatic rings. The highest BCUT2D eigenvalue weighted by Gasteiger charge is 1.99. The van der Waals surface area contributed by atoms with Crippen molar-refractivity contribution in [3.05, 3.63) is 65.5 Å². The standard InChI is InChI=1S/C16H20N2/c1-13(2)16-7-5-14(6-8-16)10-18-12-15-4-3-9-17-11-15/h3-9,11,13,18H,10,12H2,1-2H3. The molecule has 0 saturated carbocycles. The first-order chi connectivity index (χ1) is 8.75. The molecule has 0 radical (unpaired) electrons. The van der Waals surface area contributed by atoms with Crippen LogP contribution in [0.25, 0.3) is 0 Å². The van der Waals surface area contributed by atoms with Crippen LogP contribution in [0.5, 0.6) is 0 Å². The van der Waals surface area contributed by atoms with E-state index in [0.29, 0.717) is 5.92 Å². The summed E-state index contributed by atoms with van der Waals surface area (Å²) < 4.78 is 0. The fourth-order valence-corrected chi connectivity index (χ4v) is 1.87. The van der Waals surface area contributed by atoms with Crippen LogP contribution >= 0.6 is 0 Å². The van der Waals surface area contributed by atoms with Crippen molar-refractivity contribution in [1.29, 1.82) is 0 Å². The third-order valence-electron chi connectivity index (χ3n) is 3.03.